The fourth-order valence-corrected chi connectivity index (χ4v) is 12.5. The highest BCUT2D eigenvalue weighted by Gasteiger charge is 2.50. The summed E-state index contributed by atoms with van der Waals surface area (Å²) < 4.78 is 5.52. The molecule has 1 aliphatic carbocycles. The molecule has 1 saturated carbocycles. The Morgan fingerprint density at radius 1 is 0.739 bits per heavy atom. The highest BCUT2D eigenvalue weighted by molar-refractivity contribution is 6.00. The molecular weight excluding hydrogens is 1210 g/mol. The number of anilines is 1. The molecule has 4 aliphatic heterocycles. The number of aliphatic hydroxyl groups is 6. The molecule has 0 radical (unpaired) electrons. The van der Waals surface area contributed by atoms with Crippen molar-refractivity contribution in [3.8, 4) is 11.5 Å². The summed E-state index contributed by atoms with van der Waals surface area (Å²) in [5.74, 6) is -7.55. The number of hydrogen-bond donors (Lipinski definition) is 14. The van der Waals surface area contributed by atoms with Crippen molar-refractivity contribution < 1.29 is 74.0 Å². The number of rotatable bonds is 18. The maximum Gasteiger partial charge on any atom is 0.251 e. The third-order valence-corrected chi connectivity index (χ3v) is 17.4. The second-order valence-corrected chi connectivity index (χ2v) is 23.8. The molecular formula is C59H94Cl3N11O15. The summed E-state index contributed by atoms with van der Waals surface area (Å²) in [7, 11) is 0. The maximum atomic E-state index is 14.7. The molecule has 0 spiro atoms. The number of unbranched alkanes of at least 4 members (excludes halogenated alkanes) is 2. The van der Waals surface area contributed by atoms with Crippen LogP contribution in [-0.2, 0) is 35.2 Å². The van der Waals surface area contributed by atoms with E-state index in [1.807, 2.05) is 0 Å². The average Bonchev–Trinajstić information content (AvgIpc) is 4.16. The lowest BCUT2D eigenvalue weighted by molar-refractivity contribution is -0.147. The third-order valence-electron chi connectivity index (χ3n) is 17.4. The Balaban J connectivity index is 0.00000552. The topological polar surface area (TPSA) is 395 Å². The van der Waals surface area contributed by atoms with Crippen molar-refractivity contribution in [2.75, 3.05) is 70.4 Å². The van der Waals surface area contributed by atoms with Gasteiger partial charge in [-0.05, 0) is 93.5 Å². The summed E-state index contributed by atoms with van der Waals surface area (Å²) >= 11 is 0. The van der Waals surface area contributed by atoms with E-state index in [-0.39, 0.29) is 92.5 Å². The zero-order valence-corrected chi connectivity index (χ0v) is 52.8. The number of aromatic hydroxyl groups is 1. The second-order valence-electron chi connectivity index (χ2n) is 23.8. The van der Waals surface area contributed by atoms with Gasteiger partial charge in [-0.2, -0.15) is 0 Å². The average molecular weight is 1300 g/mol. The van der Waals surface area contributed by atoms with Gasteiger partial charge in [-0.15, -0.1) is 37.2 Å². The Kier molecular flexibility index (Phi) is 30.1. The van der Waals surface area contributed by atoms with E-state index in [0.29, 0.717) is 6.04 Å². The molecule has 88 heavy (non-hydrogen) atoms. The van der Waals surface area contributed by atoms with Crippen LogP contribution in [0.4, 0.5) is 5.69 Å². The van der Waals surface area contributed by atoms with Gasteiger partial charge >= 0.3 is 0 Å². The van der Waals surface area contributed by atoms with Crippen LogP contribution in [-0.4, -0.2) is 236 Å². The maximum absolute atomic E-state index is 14.7. The molecule has 7 amide bonds. The first kappa shape index (κ1) is 75.1. The number of aliphatic hydroxyl groups excluding tert-OH is 6. The van der Waals surface area contributed by atoms with E-state index in [4.69, 9.17) is 16.2 Å². The van der Waals surface area contributed by atoms with E-state index in [9.17, 15) is 69.3 Å². The number of nitrogens with two attached hydrogens (primary N) is 2. The molecule has 0 aromatic heterocycles. The molecule has 496 valence electrons. The van der Waals surface area contributed by atoms with Crippen molar-refractivity contribution in [2.45, 2.75) is 177 Å². The number of piperazine rings is 1. The van der Waals surface area contributed by atoms with Crippen LogP contribution >= 0.6 is 37.2 Å². The Hall–Kier alpha value is -5.36. The molecule has 4 heterocycles. The van der Waals surface area contributed by atoms with Gasteiger partial charge in [0.15, 0.2) is 11.5 Å². The van der Waals surface area contributed by atoms with Gasteiger partial charge in [0.05, 0.1) is 36.6 Å². The Morgan fingerprint density at radius 2 is 1.39 bits per heavy atom. The van der Waals surface area contributed by atoms with Crippen molar-refractivity contribution in [2.24, 2.45) is 23.3 Å². The molecule has 7 rings (SSSR count). The van der Waals surface area contributed by atoms with Crippen LogP contribution in [0.3, 0.4) is 0 Å². The van der Waals surface area contributed by atoms with Gasteiger partial charge in [-0.25, -0.2) is 0 Å². The molecule has 13 atom stereocenters. The highest BCUT2D eigenvalue weighted by Crippen LogP contribution is 2.33. The van der Waals surface area contributed by atoms with Crippen molar-refractivity contribution in [1.82, 2.24) is 41.3 Å². The number of nitrogens with one attached hydrogen (secondary N) is 5. The zero-order chi connectivity index (χ0) is 61.6. The van der Waals surface area contributed by atoms with E-state index < -0.39 is 152 Å². The molecule has 26 nitrogen and oxygen atoms in total. The lowest BCUT2D eigenvalue weighted by Crippen LogP contribution is -2.64. The minimum Gasteiger partial charge on any atom is -0.504 e. The summed E-state index contributed by atoms with van der Waals surface area (Å²) in [6, 6.07) is 0.639. The number of amides is 7. The molecule has 4 saturated heterocycles. The summed E-state index contributed by atoms with van der Waals surface area (Å²) in [6.07, 6.45) is -1.48. The van der Waals surface area contributed by atoms with Gasteiger partial charge < -0.3 is 93.2 Å². The van der Waals surface area contributed by atoms with Crippen LogP contribution in [0.5, 0.6) is 11.5 Å². The number of β-amino-alcohol motifs (C(OH)–C–C–N with tert-alkyl or cyclic N) is 1. The molecule has 0 bridgehead atoms. The minimum atomic E-state index is -2.02. The summed E-state index contributed by atoms with van der Waals surface area (Å²) in [6.45, 7) is 6.87. The van der Waals surface area contributed by atoms with E-state index in [0.717, 1.165) is 47.6 Å². The first-order chi connectivity index (χ1) is 40.6. The number of benzene rings is 2. The summed E-state index contributed by atoms with van der Waals surface area (Å²) in [5.41, 5.74) is 12.7. The largest absolute Gasteiger partial charge is 0.504 e. The fourth-order valence-electron chi connectivity index (χ4n) is 12.5. The normalized spacial score (nSPS) is 29.0. The summed E-state index contributed by atoms with van der Waals surface area (Å²) in [4.78, 5) is 108. The van der Waals surface area contributed by atoms with Crippen LogP contribution < -0.4 is 47.7 Å². The Morgan fingerprint density at radius 3 is 2.02 bits per heavy atom. The molecule has 2 aromatic carbocycles. The van der Waals surface area contributed by atoms with Crippen LogP contribution in [0.15, 0.2) is 42.5 Å². The number of hydrogen-bond acceptors (Lipinski definition) is 19. The van der Waals surface area contributed by atoms with Gasteiger partial charge in [-0.3, -0.25) is 38.5 Å². The van der Waals surface area contributed by atoms with E-state index in [2.05, 4.69) is 43.3 Å². The number of nitrogens with zero attached hydrogens (tertiary/aromatic N) is 4. The first-order valence-corrected chi connectivity index (χ1v) is 30.3. The van der Waals surface area contributed by atoms with Crippen molar-refractivity contribution in [3.63, 3.8) is 0 Å². The molecule has 2 aromatic rings. The lowest BCUT2D eigenvalue weighted by atomic mass is 9.82. The van der Waals surface area contributed by atoms with Crippen LogP contribution in [0.25, 0.3) is 0 Å². The SMILES string of the molecule is CCCCCC1CCC(N2CCN(c3ccc(C(=O)N[C@H]4C[C@@H](O)CNC(=O)[C@@H]5[C@@H](O)[C@@H](C)CN5C(=O)[C@H]([C@H](O)CCN)NC(=O)[C@H]([C@H](O)Cc5ccc(O)c(OCCN)c5)NC(=O)[C@@H]5C[C@@H](O)CN5C(=O)[C@H]([C@@H](C)O)NC4=O)cc3)CC2)CC1.Cl.Cl.Cl. The van der Waals surface area contributed by atoms with E-state index in [1.165, 1.54) is 76.5 Å². The summed E-state index contributed by atoms with van der Waals surface area (Å²) in [5, 5.41) is 91.4. The smallest absolute Gasteiger partial charge is 0.251 e. The predicted molar refractivity (Wildman–Crippen MR) is 333 cm³/mol. The number of carbonyl (C=O) groups is 7. The number of halogens is 3. The van der Waals surface area contributed by atoms with Gasteiger partial charge in [0.25, 0.3) is 5.91 Å². The highest BCUT2D eigenvalue weighted by atomic mass is 35.5. The number of ether oxygens (including phenoxy) is 1. The monoisotopic (exact) mass is 1300 g/mol. The predicted octanol–water partition coefficient (Wildman–Crippen LogP) is -1.45. The van der Waals surface area contributed by atoms with E-state index >= 15 is 0 Å². The number of fused-ring (bicyclic) bond motifs is 2. The molecule has 16 N–H and O–H groups in total. The number of carbonyl (C=O) groups excluding carboxylic acids is 7. The molecule has 29 heteroatoms. The van der Waals surface area contributed by atoms with Crippen molar-refractivity contribution >= 4 is 84.3 Å². The number of phenolic OH excluding ortho intramolecular Hbond substituents is 1. The molecule has 0 unspecified atom stereocenters. The van der Waals surface area contributed by atoms with Gasteiger partial charge in [0.2, 0.25) is 35.4 Å². The van der Waals surface area contributed by atoms with Gasteiger partial charge in [0, 0.05) is 94.8 Å². The van der Waals surface area contributed by atoms with Gasteiger partial charge in [-0.1, -0.05) is 45.6 Å². The zero-order valence-electron chi connectivity index (χ0n) is 50.3. The van der Waals surface area contributed by atoms with Crippen molar-refractivity contribution in [1.29, 1.82) is 0 Å². The van der Waals surface area contributed by atoms with Crippen LogP contribution in [0.2, 0.25) is 0 Å². The van der Waals surface area contributed by atoms with Crippen LogP contribution in [0, 0.1) is 11.8 Å². The number of phenols is 1. The third kappa shape index (κ3) is 19.3. The second kappa shape index (κ2) is 35.3. The van der Waals surface area contributed by atoms with E-state index in [1.54, 1.807) is 31.2 Å². The minimum absolute atomic E-state index is 0. The standard InChI is InChI=1S/C59H91N11O15.3ClH/c1-4-5-6-7-35-8-13-38(14-9-35)67-21-23-68(24-22-67)39-15-11-37(12-16-39)53(78)63-42-28-40(72)30-62-57(82)51-52(77)33(2)31-70(51)59(84)50(45(75)18-19-60)66-56(81)49(46(76)26-36-10-17-44(74)47(27-36)85-25-20-61)65-55(80)43-29-41(73)32-69(43)58(83)48(34(3)71)64-54(42)79;;;/h10-12,15-17,27,33-35,38,40-43,45-46,48-52,71-77H,4-9,13-14,18-26,28-32,60-61H2,1-3H3,(H,62,82)(H,63,78)(H,64,79)(H,65,80)(H,66,81);3*1H/t33-,34+,35?,38?,40+,41+,42-,43-,45+,46+,48-,49-,50-,51-,52-;;;/m0.../s1. The van der Waals surface area contributed by atoms with Gasteiger partial charge in [0.1, 0.15) is 42.9 Å². The van der Waals surface area contributed by atoms with Crippen LogP contribution in [0.1, 0.15) is 107 Å². The lowest BCUT2D eigenvalue weighted by Gasteiger charge is -2.42. The molecule has 5 aliphatic rings. The Bertz CT molecular complexity index is 2600. The fraction of sp³-hybridized carbons (Fsp3) is 0.678. The Labute approximate surface area is 532 Å². The van der Waals surface area contributed by atoms with Crippen molar-refractivity contribution in [3.05, 3.63) is 53.6 Å². The first-order valence-electron chi connectivity index (χ1n) is 30.3. The molecule has 5 fully saturated rings. The quantitative estimate of drug-likeness (QED) is 0.0760.